The Balaban J connectivity index is 1.44. The van der Waals surface area contributed by atoms with Crippen LogP contribution in [0.25, 0.3) is 10.8 Å². The number of thiophene rings is 1. The SMILES string of the molecule is O[C@@H]1CN(Cc2sccc2Cl)CC[C@H]1Oc1cccc2cnccc12. The molecule has 0 aliphatic carbocycles. The minimum atomic E-state index is -0.524. The van der Waals surface area contributed by atoms with Crippen molar-refractivity contribution in [1.82, 2.24) is 9.88 Å². The summed E-state index contributed by atoms with van der Waals surface area (Å²) in [6.45, 7) is 2.24. The van der Waals surface area contributed by atoms with E-state index >= 15 is 0 Å². The van der Waals surface area contributed by atoms with Gasteiger partial charge in [0.15, 0.2) is 0 Å². The molecule has 0 saturated carbocycles. The highest BCUT2D eigenvalue weighted by Gasteiger charge is 2.30. The summed E-state index contributed by atoms with van der Waals surface area (Å²) in [5, 5.41) is 15.4. The third kappa shape index (κ3) is 3.65. The van der Waals surface area contributed by atoms with E-state index in [0.717, 1.165) is 45.9 Å². The first kappa shape index (κ1) is 16.8. The molecule has 1 aliphatic heterocycles. The number of hydrogen-bond donors (Lipinski definition) is 1. The first-order valence-electron chi connectivity index (χ1n) is 8.32. The number of aromatic nitrogens is 1. The van der Waals surface area contributed by atoms with Crippen LogP contribution < -0.4 is 4.74 Å². The number of rotatable bonds is 4. The van der Waals surface area contributed by atoms with Gasteiger partial charge in [0.1, 0.15) is 18.0 Å². The molecule has 0 radical (unpaired) electrons. The number of aliphatic hydroxyl groups excluding tert-OH is 1. The molecule has 1 saturated heterocycles. The first-order chi connectivity index (χ1) is 12.2. The number of likely N-dealkylation sites (tertiary alicyclic amines) is 1. The standard InChI is InChI=1S/C19H19ClN2O2S/c20-15-6-9-25-19(15)12-22-8-5-18(16(23)11-22)24-17-3-1-2-13-10-21-7-4-14(13)17/h1-4,6-7,9-10,16,18,23H,5,8,11-12H2/t16-,18-/m1/s1. The Morgan fingerprint density at radius 2 is 2.24 bits per heavy atom. The first-order valence-corrected chi connectivity index (χ1v) is 9.58. The van der Waals surface area contributed by atoms with Gasteiger partial charge in [0, 0.05) is 47.7 Å². The van der Waals surface area contributed by atoms with E-state index in [4.69, 9.17) is 16.3 Å². The van der Waals surface area contributed by atoms with Crippen LogP contribution in [0.15, 0.2) is 48.1 Å². The quantitative estimate of drug-likeness (QED) is 0.750. The second kappa shape index (κ2) is 7.30. The summed E-state index contributed by atoms with van der Waals surface area (Å²) in [5.74, 6) is 0.804. The molecule has 0 unspecified atom stereocenters. The second-order valence-electron chi connectivity index (χ2n) is 6.29. The maximum atomic E-state index is 10.6. The van der Waals surface area contributed by atoms with Crippen molar-refractivity contribution in [3.63, 3.8) is 0 Å². The van der Waals surface area contributed by atoms with Gasteiger partial charge >= 0.3 is 0 Å². The largest absolute Gasteiger partial charge is 0.487 e. The van der Waals surface area contributed by atoms with Crippen LogP contribution in [-0.4, -0.2) is 40.3 Å². The zero-order valence-electron chi connectivity index (χ0n) is 13.6. The Morgan fingerprint density at radius 1 is 1.32 bits per heavy atom. The monoisotopic (exact) mass is 374 g/mol. The molecule has 130 valence electrons. The van der Waals surface area contributed by atoms with Crippen LogP contribution in [0, 0.1) is 0 Å². The second-order valence-corrected chi connectivity index (χ2v) is 7.70. The molecule has 6 heteroatoms. The van der Waals surface area contributed by atoms with Gasteiger partial charge in [-0.2, -0.15) is 0 Å². The Hall–Kier alpha value is -1.66. The highest BCUT2D eigenvalue weighted by molar-refractivity contribution is 7.10. The minimum Gasteiger partial charge on any atom is -0.487 e. The minimum absolute atomic E-state index is 0.200. The van der Waals surface area contributed by atoms with Gasteiger partial charge in [0.05, 0.1) is 5.02 Å². The van der Waals surface area contributed by atoms with E-state index in [2.05, 4.69) is 9.88 Å². The number of halogens is 1. The lowest BCUT2D eigenvalue weighted by Crippen LogP contribution is -2.48. The summed E-state index contributed by atoms with van der Waals surface area (Å²) in [6.07, 6.45) is 3.65. The van der Waals surface area contributed by atoms with Crippen LogP contribution in [0.4, 0.5) is 0 Å². The Morgan fingerprint density at radius 3 is 3.04 bits per heavy atom. The predicted octanol–water partition coefficient (Wildman–Crippen LogP) is 3.96. The fourth-order valence-electron chi connectivity index (χ4n) is 3.26. The Kier molecular flexibility index (Phi) is 4.90. The van der Waals surface area contributed by atoms with Crippen molar-refractivity contribution in [3.8, 4) is 5.75 Å². The summed E-state index contributed by atoms with van der Waals surface area (Å²) in [7, 11) is 0. The molecule has 0 spiro atoms. The van der Waals surface area contributed by atoms with Crippen LogP contribution in [0.3, 0.4) is 0 Å². The zero-order chi connectivity index (χ0) is 17.2. The normalized spacial score (nSPS) is 21.5. The van der Waals surface area contributed by atoms with Gasteiger partial charge in [-0.05, 0) is 30.0 Å². The van der Waals surface area contributed by atoms with E-state index in [1.54, 1.807) is 17.5 Å². The molecule has 1 N–H and O–H groups in total. The molecule has 3 heterocycles. The number of aliphatic hydroxyl groups is 1. The molecule has 1 aromatic carbocycles. The van der Waals surface area contributed by atoms with Crippen molar-refractivity contribution in [2.24, 2.45) is 0 Å². The topological polar surface area (TPSA) is 45.6 Å². The van der Waals surface area contributed by atoms with Gasteiger partial charge in [0.25, 0.3) is 0 Å². The number of nitrogens with zero attached hydrogens (tertiary/aromatic N) is 2. The maximum absolute atomic E-state index is 10.6. The average molecular weight is 375 g/mol. The van der Waals surface area contributed by atoms with Gasteiger partial charge in [-0.1, -0.05) is 23.7 Å². The number of fused-ring (bicyclic) bond motifs is 1. The van der Waals surface area contributed by atoms with E-state index in [0.29, 0.717) is 6.54 Å². The van der Waals surface area contributed by atoms with E-state index < -0.39 is 6.10 Å². The molecular formula is C19H19ClN2O2S. The van der Waals surface area contributed by atoms with Crippen LogP contribution in [0.1, 0.15) is 11.3 Å². The molecule has 0 bridgehead atoms. The van der Waals surface area contributed by atoms with Crippen LogP contribution in [0.2, 0.25) is 5.02 Å². The summed E-state index contributed by atoms with van der Waals surface area (Å²) in [5.41, 5.74) is 0. The molecular weight excluding hydrogens is 356 g/mol. The fraction of sp³-hybridized carbons (Fsp3) is 0.316. The number of β-amino-alcohol motifs (C(OH)–C–C–N with tert-alkyl or cyclic N) is 1. The third-order valence-electron chi connectivity index (χ3n) is 4.58. The molecule has 4 nitrogen and oxygen atoms in total. The molecule has 4 rings (SSSR count). The molecule has 3 aromatic rings. The Bertz CT molecular complexity index is 864. The molecule has 2 aromatic heterocycles. The van der Waals surface area contributed by atoms with Gasteiger partial charge in [-0.25, -0.2) is 0 Å². The summed E-state index contributed by atoms with van der Waals surface area (Å²) < 4.78 is 6.16. The molecule has 0 amide bonds. The van der Waals surface area contributed by atoms with E-state index in [1.165, 1.54) is 0 Å². The average Bonchev–Trinajstić information content (AvgIpc) is 3.02. The number of pyridine rings is 1. The van der Waals surface area contributed by atoms with Gasteiger partial charge < -0.3 is 9.84 Å². The van der Waals surface area contributed by atoms with Crippen LogP contribution in [-0.2, 0) is 6.54 Å². The fourth-order valence-corrected chi connectivity index (χ4v) is 4.39. The number of ether oxygens (including phenoxy) is 1. The van der Waals surface area contributed by atoms with Crippen LogP contribution >= 0.6 is 22.9 Å². The predicted molar refractivity (Wildman–Crippen MR) is 101 cm³/mol. The van der Waals surface area contributed by atoms with Crippen molar-refractivity contribution < 1.29 is 9.84 Å². The lowest BCUT2D eigenvalue weighted by molar-refractivity contribution is -0.0266. The van der Waals surface area contributed by atoms with E-state index in [9.17, 15) is 5.11 Å². The summed E-state index contributed by atoms with van der Waals surface area (Å²) in [4.78, 5) is 7.53. The number of benzene rings is 1. The van der Waals surface area contributed by atoms with Gasteiger partial charge in [-0.3, -0.25) is 9.88 Å². The van der Waals surface area contributed by atoms with Crippen LogP contribution in [0.5, 0.6) is 5.75 Å². The smallest absolute Gasteiger partial charge is 0.127 e. The summed E-state index contributed by atoms with van der Waals surface area (Å²) in [6, 6.07) is 9.79. The molecule has 2 atom stereocenters. The highest BCUT2D eigenvalue weighted by atomic mass is 35.5. The molecule has 1 fully saturated rings. The highest BCUT2D eigenvalue weighted by Crippen LogP contribution is 2.29. The lowest BCUT2D eigenvalue weighted by Gasteiger charge is -2.36. The van der Waals surface area contributed by atoms with Crippen molar-refractivity contribution in [1.29, 1.82) is 0 Å². The molecule has 25 heavy (non-hydrogen) atoms. The number of hydrogen-bond acceptors (Lipinski definition) is 5. The third-order valence-corrected chi connectivity index (χ3v) is 5.95. The van der Waals surface area contributed by atoms with Crippen molar-refractivity contribution in [3.05, 3.63) is 58.0 Å². The van der Waals surface area contributed by atoms with Crippen molar-refractivity contribution in [2.45, 2.75) is 25.2 Å². The maximum Gasteiger partial charge on any atom is 0.127 e. The van der Waals surface area contributed by atoms with E-state index in [-0.39, 0.29) is 6.10 Å². The number of piperidine rings is 1. The molecule has 1 aliphatic rings. The Labute approximate surface area is 155 Å². The van der Waals surface area contributed by atoms with Gasteiger partial charge in [-0.15, -0.1) is 11.3 Å². The van der Waals surface area contributed by atoms with Gasteiger partial charge in [0.2, 0.25) is 0 Å². The van der Waals surface area contributed by atoms with E-state index in [1.807, 2.05) is 41.9 Å². The summed E-state index contributed by atoms with van der Waals surface area (Å²) >= 11 is 7.84. The lowest BCUT2D eigenvalue weighted by atomic mass is 10.0. The van der Waals surface area contributed by atoms with Crippen molar-refractivity contribution >= 4 is 33.7 Å². The van der Waals surface area contributed by atoms with Crippen molar-refractivity contribution in [2.75, 3.05) is 13.1 Å². The zero-order valence-corrected chi connectivity index (χ0v) is 15.2.